The van der Waals surface area contributed by atoms with Crippen LogP contribution in [-0.2, 0) is 9.63 Å². The SMILES string of the molecule is Nc1cccc(C(=O)N=Nc2ccc(NOC(=O)/C=C/c3ccccc3)cc2)c1. The molecular weight excluding hydrogens is 368 g/mol. The van der Waals surface area contributed by atoms with Crippen molar-refractivity contribution in [2.24, 2.45) is 10.2 Å². The standard InChI is InChI=1S/C22H18N4O3/c23-18-8-4-7-17(15-18)22(28)25-24-19-10-12-20(13-11-19)26-29-21(27)14-9-16-5-2-1-3-6-16/h1-15,26H,23H2/b14-9+,25-24?. The topological polar surface area (TPSA) is 106 Å². The molecule has 7 heteroatoms. The fraction of sp³-hybridized carbons (Fsp3) is 0. The van der Waals surface area contributed by atoms with Crippen molar-refractivity contribution in [1.29, 1.82) is 0 Å². The molecule has 0 aromatic heterocycles. The number of hydrogen-bond acceptors (Lipinski definition) is 6. The van der Waals surface area contributed by atoms with Crippen LogP contribution in [0.3, 0.4) is 0 Å². The zero-order valence-electron chi connectivity index (χ0n) is 15.4. The van der Waals surface area contributed by atoms with Gasteiger partial charge in [-0.3, -0.25) is 4.79 Å². The van der Waals surface area contributed by atoms with Gasteiger partial charge in [-0.2, -0.15) is 0 Å². The van der Waals surface area contributed by atoms with Gasteiger partial charge in [0.05, 0.1) is 11.4 Å². The van der Waals surface area contributed by atoms with E-state index in [1.165, 1.54) is 12.1 Å². The second kappa shape index (κ2) is 9.61. The summed E-state index contributed by atoms with van der Waals surface area (Å²) in [4.78, 5) is 28.7. The molecule has 0 spiro atoms. The average molecular weight is 386 g/mol. The highest BCUT2D eigenvalue weighted by molar-refractivity contribution is 5.95. The van der Waals surface area contributed by atoms with E-state index in [4.69, 9.17) is 10.6 Å². The Morgan fingerprint density at radius 2 is 1.69 bits per heavy atom. The van der Waals surface area contributed by atoms with Crippen LogP contribution >= 0.6 is 0 Å². The van der Waals surface area contributed by atoms with E-state index in [9.17, 15) is 9.59 Å². The Balaban J connectivity index is 1.51. The van der Waals surface area contributed by atoms with Crippen LogP contribution < -0.4 is 11.2 Å². The summed E-state index contributed by atoms with van der Waals surface area (Å²) < 4.78 is 0. The van der Waals surface area contributed by atoms with E-state index in [1.54, 1.807) is 48.5 Å². The monoisotopic (exact) mass is 386 g/mol. The molecule has 3 N–H and O–H groups in total. The molecule has 0 radical (unpaired) electrons. The Labute approximate surface area is 167 Å². The average Bonchev–Trinajstić information content (AvgIpc) is 2.76. The Kier molecular flexibility index (Phi) is 6.46. The zero-order chi connectivity index (χ0) is 20.5. The van der Waals surface area contributed by atoms with E-state index in [1.807, 2.05) is 30.3 Å². The first-order valence-corrected chi connectivity index (χ1v) is 8.72. The largest absolute Gasteiger partial charge is 0.399 e. The minimum Gasteiger partial charge on any atom is -0.399 e. The number of nitrogens with one attached hydrogen (secondary N) is 1. The van der Waals surface area contributed by atoms with E-state index in [0.717, 1.165) is 5.56 Å². The van der Waals surface area contributed by atoms with Crippen molar-refractivity contribution in [3.05, 3.63) is 96.1 Å². The summed E-state index contributed by atoms with van der Waals surface area (Å²) in [5.74, 6) is -1.02. The molecule has 1 amide bonds. The molecule has 0 saturated heterocycles. The summed E-state index contributed by atoms with van der Waals surface area (Å²) in [6.45, 7) is 0. The molecule has 0 saturated carbocycles. The molecule has 0 unspecified atom stereocenters. The fourth-order valence-electron chi connectivity index (χ4n) is 2.30. The third-order valence-electron chi connectivity index (χ3n) is 3.74. The van der Waals surface area contributed by atoms with E-state index in [2.05, 4.69) is 15.7 Å². The van der Waals surface area contributed by atoms with Gasteiger partial charge in [-0.25, -0.2) is 10.3 Å². The lowest BCUT2D eigenvalue weighted by Gasteiger charge is -2.04. The van der Waals surface area contributed by atoms with E-state index in [0.29, 0.717) is 22.6 Å². The first-order chi connectivity index (χ1) is 14.1. The van der Waals surface area contributed by atoms with Crippen LogP contribution in [0.5, 0.6) is 0 Å². The van der Waals surface area contributed by atoms with Crippen LogP contribution in [0.15, 0.2) is 95.2 Å². The highest BCUT2D eigenvalue weighted by Gasteiger charge is 2.04. The third-order valence-corrected chi connectivity index (χ3v) is 3.74. The van der Waals surface area contributed by atoms with Crippen LogP contribution in [-0.4, -0.2) is 11.9 Å². The third kappa shape index (κ3) is 6.14. The highest BCUT2D eigenvalue weighted by Crippen LogP contribution is 2.18. The zero-order valence-corrected chi connectivity index (χ0v) is 15.4. The Morgan fingerprint density at radius 1 is 0.931 bits per heavy atom. The number of nitrogens with two attached hydrogens (primary N) is 1. The molecule has 0 aliphatic rings. The number of nitrogens with zero attached hydrogens (tertiary/aromatic N) is 2. The van der Waals surface area contributed by atoms with Crippen LogP contribution in [0, 0.1) is 0 Å². The molecule has 0 aliphatic heterocycles. The molecule has 7 nitrogen and oxygen atoms in total. The second-order valence-corrected chi connectivity index (χ2v) is 5.94. The van der Waals surface area contributed by atoms with Crippen molar-refractivity contribution in [2.45, 2.75) is 0 Å². The number of rotatable bonds is 6. The molecule has 0 bridgehead atoms. The van der Waals surface area contributed by atoms with Crippen molar-refractivity contribution < 1.29 is 14.4 Å². The lowest BCUT2D eigenvalue weighted by atomic mass is 10.2. The van der Waals surface area contributed by atoms with Crippen molar-refractivity contribution in [3.63, 3.8) is 0 Å². The predicted octanol–water partition coefficient (Wildman–Crippen LogP) is 4.78. The van der Waals surface area contributed by atoms with Crippen molar-refractivity contribution in [3.8, 4) is 0 Å². The molecule has 3 aromatic carbocycles. The van der Waals surface area contributed by atoms with Gasteiger partial charge in [0.1, 0.15) is 0 Å². The van der Waals surface area contributed by atoms with Gasteiger partial charge >= 0.3 is 5.97 Å². The molecule has 0 atom stereocenters. The number of azo groups is 1. The van der Waals surface area contributed by atoms with E-state index in [-0.39, 0.29) is 0 Å². The fourth-order valence-corrected chi connectivity index (χ4v) is 2.30. The van der Waals surface area contributed by atoms with Crippen molar-refractivity contribution in [2.75, 3.05) is 11.2 Å². The Morgan fingerprint density at radius 3 is 2.41 bits per heavy atom. The van der Waals surface area contributed by atoms with E-state index < -0.39 is 11.9 Å². The minimum absolute atomic E-state index is 0.363. The predicted molar refractivity (Wildman–Crippen MR) is 111 cm³/mol. The quantitative estimate of drug-likeness (QED) is 0.274. The number of anilines is 2. The van der Waals surface area contributed by atoms with E-state index >= 15 is 0 Å². The summed E-state index contributed by atoms with van der Waals surface area (Å²) >= 11 is 0. The van der Waals surface area contributed by atoms with Gasteiger partial charge in [0, 0.05) is 17.3 Å². The van der Waals surface area contributed by atoms with Crippen LogP contribution in [0.25, 0.3) is 6.08 Å². The van der Waals surface area contributed by atoms with Gasteiger partial charge < -0.3 is 10.6 Å². The lowest BCUT2D eigenvalue weighted by molar-refractivity contribution is -0.134. The molecular formula is C22H18N4O3. The van der Waals surface area contributed by atoms with Crippen LogP contribution in [0.4, 0.5) is 17.1 Å². The smallest absolute Gasteiger partial charge is 0.355 e. The van der Waals surface area contributed by atoms with Gasteiger partial charge in [0.2, 0.25) is 0 Å². The summed E-state index contributed by atoms with van der Waals surface area (Å²) in [7, 11) is 0. The highest BCUT2D eigenvalue weighted by atomic mass is 16.7. The number of carbonyl (C=O) groups excluding carboxylic acids is 2. The first kappa shape index (κ1) is 19.5. The molecule has 144 valence electrons. The first-order valence-electron chi connectivity index (χ1n) is 8.72. The summed E-state index contributed by atoms with van der Waals surface area (Å²) in [5.41, 5.74) is 11.0. The number of benzene rings is 3. The lowest BCUT2D eigenvalue weighted by Crippen LogP contribution is -2.07. The second-order valence-electron chi connectivity index (χ2n) is 5.94. The normalized spacial score (nSPS) is 10.9. The van der Waals surface area contributed by atoms with Crippen LogP contribution in [0.1, 0.15) is 15.9 Å². The Hall–Kier alpha value is -4.26. The number of carbonyl (C=O) groups is 2. The summed E-state index contributed by atoms with van der Waals surface area (Å²) in [5, 5.41) is 7.58. The van der Waals surface area contributed by atoms with Crippen LogP contribution in [0.2, 0.25) is 0 Å². The van der Waals surface area contributed by atoms with Gasteiger partial charge in [-0.1, -0.05) is 36.4 Å². The molecule has 29 heavy (non-hydrogen) atoms. The number of hydrogen-bond donors (Lipinski definition) is 2. The van der Waals surface area contributed by atoms with Crippen molar-refractivity contribution in [1.82, 2.24) is 0 Å². The van der Waals surface area contributed by atoms with Gasteiger partial charge in [0.15, 0.2) is 0 Å². The summed E-state index contributed by atoms with van der Waals surface area (Å²) in [6, 6.07) is 22.5. The minimum atomic E-state index is -0.537. The van der Waals surface area contributed by atoms with Crippen molar-refractivity contribution >= 4 is 35.0 Å². The molecule has 3 rings (SSSR count). The van der Waals surface area contributed by atoms with Gasteiger partial charge in [-0.05, 0) is 54.1 Å². The number of amides is 1. The maximum absolute atomic E-state index is 12.0. The summed E-state index contributed by atoms with van der Waals surface area (Å²) in [6.07, 6.45) is 2.98. The maximum atomic E-state index is 12.0. The molecule has 3 aromatic rings. The molecule has 0 fully saturated rings. The van der Waals surface area contributed by atoms with Gasteiger partial charge in [-0.15, -0.1) is 10.2 Å². The van der Waals surface area contributed by atoms with Gasteiger partial charge in [0.25, 0.3) is 5.91 Å². The molecule has 0 aliphatic carbocycles. The Bertz CT molecular complexity index is 1050. The maximum Gasteiger partial charge on any atom is 0.355 e. The molecule has 0 heterocycles. The number of nitrogen functional groups attached to an aromatic ring is 1.